The highest BCUT2D eigenvalue weighted by Crippen LogP contribution is 2.33. The van der Waals surface area contributed by atoms with Crippen LogP contribution in [-0.4, -0.2) is 42.3 Å². The van der Waals surface area contributed by atoms with Gasteiger partial charge in [0.2, 0.25) is 5.91 Å². The van der Waals surface area contributed by atoms with Gasteiger partial charge in [-0.2, -0.15) is 0 Å². The number of rotatable bonds is 4. The molecule has 0 aromatic carbocycles. The van der Waals surface area contributed by atoms with E-state index in [4.69, 9.17) is 5.84 Å². The lowest BCUT2D eigenvalue weighted by Gasteiger charge is -2.23. The molecular formula is C12H20N6OS. The van der Waals surface area contributed by atoms with E-state index in [0.29, 0.717) is 17.5 Å². The van der Waals surface area contributed by atoms with Gasteiger partial charge in [0.1, 0.15) is 11.6 Å². The number of nitrogen functional groups attached to an aromatic ring is 1. The zero-order valence-electron chi connectivity index (χ0n) is 11.9. The minimum absolute atomic E-state index is 0.0660. The van der Waals surface area contributed by atoms with Crippen LogP contribution < -0.4 is 21.5 Å². The van der Waals surface area contributed by atoms with Crippen LogP contribution in [0.25, 0.3) is 0 Å². The summed E-state index contributed by atoms with van der Waals surface area (Å²) in [5.74, 6) is 6.87. The Hall–Kier alpha value is -1.54. The maximum atomic E-state index is 12.0. The van der Waals surface area contributed by atoms with Gasteiger partial charge in [0.05, 0.1) is 5.41 Å². The number of amides is 1. The number of hydrazine groups is 1. The molecule has 0 aliphatic carbocycles. The fourth-order valence-electron chi connectivity index (χ4n) is 2.38. The number of hydrogen-bond acceptors (Lipinski definition) is 7. The molecule has 2 heterocycles. The predicted octanol–water partition coefficient (Wildman–Crippen LogP) is 0.446. The molecule has 1 unspecified atom stereocenters. The van der Waals surface area contributed by atoms with E-state index in [1.54, 1.807) is 13.1 Å². The third-order valence-corrected chi connectivity index (χ3v) is 4.14. The standard InChI is InChI=1S/C12H20N6OS/c1-12(10(19)14-2)4-5-18(7-12)9-6-8(17-13)15-11(16-9)20-3/h6H,4-5,7,13H2,1-3H3,(H,14,19)(H,15,16,17). The van der Waals surface area contributed by atoms with E-state index in [1.165, 1.54) is 11.8 Å². The van der Waals surface area contributed by atoms with Crippen molar-refractivity contribution in [3.8, 4) is 0 Å². The zero-order valence-corrected chi connectivity index (χ0v) is 12.8. The Balaban J connectivity index is 2.23. The lowest BCUT2D eigenvalue weighted by Crippen LogP contribution is -2.39. The maximum Gasteiger partial charge on any atom is 0.227 e. The van der Waals surface area contributed by atoms with Crippen LogP contribution in [0.3, 0.4) is 0 Å². The van der Waals surface area contributed by atoms with Gasteiger partial charge in [-0.05, 0) is 19.6 Å². The van der Waals surface area contributed by atoms with Gasteiger partial charge in [0.15, 0.2) is 5.16 Å². The monoisotopic (exact) mass is 296 g/mol. The van der Waals surface area contributed by atoms with Gasteiger partial charge in [-0.25, -0.2) is 15.8 Å². The average Bonchev–Trinajstić information content (AvgIpc) is 2.89. The molecule has 2 rings (SSSR count). The first-order chi connectivity index (χ1) is 9.52. The second-order valence-corrected chi connectivity index (χ2v) is 5.83. The van der Waals surface area contributed by atoms with E-state index in [1.807, 2.05) is 13.2 Å². The molecule has 1 aromatic heterocycles. The summed E-state index contributed by atoms with van der Waals surface area (Å²) in [4.78, 5) is 22.8. The Bertz CT molecular complexity index is 488. The summed E-state index contributed by atoms with van der Waals surface area (Å²) in [6.45, 7) is 3.41. The largest absolute Gasteiger partial charge is 0.359 e. The smallest absolute Gasteiger partial charge is 0.227 e. The molecule has 20 heavy (non-hydrogen) atoms. The number of anilines is 2. The Kier molecular flexibility index (Phi) is 4.34. The van der Waals surface area contributed by atoms with Crippen LogP contribution in [0.15, 0.2) is 11.2 Å². The molecule has 4 N–H and O–H groups in total. The summed E-state index contributed by atoms with van der Waals surface area (Å²) in [5.41, 5.74) is 2.17. The van der Waals surface area contributed by atoms with E-state index in [2.05, 4.69) is 25.6 Å². The van der Waals surface area contributed by atoms with Crippen molar-refractivity contribution in [1.82, 2.24) is 15.3 Å². The molecule has 0 spiro atoms. The first-order valence-electron chi connectivity index (χ1n) is 6.39. The summed E-state index contributed by atoms with van der Waals surface area (Å²) < 4.78 is 0. The molecule has 0 bridgehead atoms. The summed E-state index contributed by atoms with van der Waals surface area (Å²) in [7, 11) is 1.67. The van der Waals surface area contributed by atoms with Crippen molar-refractivity contribution in [2.75, 3.05) is 36.7 Å². The van der Waals surface area contributed by atoms with E-state index >= 15 is 0 Å². The molecule has 1 fully saturated rings. The number of nitrogens with two attached hydrogens (primary N) is 1. The Morgan fingerprint density at radius 2 is 2.30 bits per heavy atom. The van der Waals surface area contributed by atoms with Crippen LogP contribution in [0.2, 0.25) is 0 Å². The highest BCUT2D eigenvalue weighted by molar-refractivity contribution is 7.98. The average molecular weight is 296 g/mol. The second kappa shape index (κ2) is 5.84. The highest BCUT2D eigenvalue weighted by Gasteiger charge is 2.40. The molecule has 1 aromatic rings. The number of carbonyl (C=O) groups excluding carboxylic acids is 1. The number of nitrogens with one attached hydrogen (secondary N) is 2. The van der Waals surface area contributed by atoms with Crippen LogP contribution >= 0.6 is 11.8 Å². The molecule has 1 aliphatic heterocycles. The summed E-state index contributed by atoms with van der Waals surface area (Å²) in [5, 5.41) is 3.39. The van der Waals surface area contributed by atoms with Gasteiger partial charge in [-0.15, -0.1) is 0 Å². The van der Waals surface area contributed by atoms with Crippen molar-refractivity contribution in [1.29, 1.82) is 0 Å². The molecule has 110 valence electrons. The first kappa shape index (κ1) is 14.9. The third kappa shape index (κ3) is 2.80. The Labute approximate surface area is 122 Å². The van der Waals surface area contributed by atoms with Crippen molar-refractivity contribution >= 4 is 29.3 Å². The molecule has 1 saturated heterocycles. The van der Waals surface area contributed by atoms with E-state index in [0.717, 1.165) is 18.8 Å². The van der Waals surface area contributed by atoms with Gasteiger partial charge in [-0.1, -0.05) is 11.8 Å². The number of carbonyl (C=O) groups is 1. The van der Waals surface area contributed by atoms with Gasteiger partial charge < -0.3 is 15.6 Å². The Morgan fingerprint density at radius 3 is 2.90 bits per heavy atom. The quantitative estimate of drug-likeness (QED) is 0.321. The second-order valence-electron chi connectivity index (χ2n) is 5.05. The number of hydrogen-bond donors (Lipinski definition) is 3. The molecule has 1 atom stereocenters. The van der Waals surface area contributed by atoms with E-state index < -0.39 is 0 Å². The third-order valence-electron chi connectivity index (χ3n) is 3.60. The Morgan fingerprint density at radius 1 is 1.55 bits per heavy atom. The van der Waals surface area contributed by atoms with Crippen molar-refractivity contribution in [3.05, 3.63) is 6.07 Å². The van der Waals surface area contributed by atoms with Crippen LogP contribution in [0.4, 0.5) is 11.6 Å². The highest BCUT2D eigenvalue weighted by atomic mass is 32.2. The summed E-state index contributed by atoms with van der Waals surface area (Å²) >= 11 is 1.46. The SMILES string of the molecule is CNC(=O)C1(C)CCN(c2cc(NN)nc(SC)n2)C1. The van der Waals surface area contributed by atoms with E-state index in [-0.39, 0.29) is 11.3 Å². The number of thioether (sulfide) groups is 1. The lowest BCUT2D eigenvalue weighted by atomic mass is 9.89. The van der Waals surface area contributed by atoms with Crippen molar-refractivity contribution in [2.45, 2.75) is 18.5 Å². The zero-order chi connectivity index (χ0) is 14.8. The van der Waals surface area contributed by atoms with Crippen molar-refractivity contribution < 1.29 is 4.79 Å². The molecular weight excluding hydrogens is 276 g/mol. The minimum atomic E-state index is -0.379. The van der Waals surface area contributed by atoms with Crippen LogP contribution in [0, 0.1) is 5.41 Å². The maximum absolute atomic E-state index is 12.0. The molecule has 0 saturated carbocycles. The van der Waals surface area contributed by atoms with Crippen LogP contribution in [-0.2, 0) is 4.79 Å². The fourth-order valence-corrected chi connectivity index (χ4v) is 2.76. The van der Waals surface area contributed by atoms with Crippen LogP contribution in [0.5, 0.6) is 0 Å². The molecule has 0 radical (unpaired) electrons. The first-order valence-corrected chi connectivity index (χ1v) is 7.61. The van der Waals surface area contributed by atoms with Crippen molar-refractivity contribution in [2.24, 2.45) is 11.3 Å². The number of nitrogens with zero attached hydrogens (tertiary/aromatic N) is 3. The van der Waals surface area contributed by atoms with Gasteiger partial charge in [0.25, 0.3) is 0 Å². The lowest BCUT2D eigenvalue weighted by molar-refractivity contribution is -0.128. The summed E-state index contributed by atoms with van der Waals surface area (Å²) in [6, 6.07) is 1.80. The fraction of sp³-hybridized carbons (Fsp3) is 0.583. The van der Waals surface area contributed by atoms with E-state index in [9.17, 15) is 4.79 Å². The topological polar surface area (TPSA) is 96.2 Å². The van der Waals surface area contributed by atoms with Crippen molar-refractivity contribution in [3.63, 3.8) is 0 Å². The normalized spacial score (nSPS) is 21.9. The molecule has 1 amide bonds. The van der Waals surface area contributed by atoms with Gasteiger partial charge in [-0.3, -0.25) is 4.79 Å². The van der Waals surface area contributed by atoms with Gasteiger partial charge >= 0.3 is 0 Å². The van der Waals surface area contributed by atoms with Crippen LogP contribution in [0.1, 0.15) is 13.3 Å². The molecule has 7 nitrogen and oxygen atoms in total. The molecule has 1 aliphatic rings. The minimum Gasteiger partial charge on any atom is -0.359 e. The number of aromatic nitrogens is 2. The summed E-state index contributed by atoms with van der Waals surface area (Å²) in [6.07, 6.45) is 2.72. The van der Waals surface area contributed by atoms with Gasteiger partial charge in [0, 0.05) is 26.2 Å². The molecule has 8 heteroatoms. The predicted molar refractivity (Wildman–Crippen MR) is 80.6 cm³/mol.